The van der Waals surface area contributed by atoms with E-state index in [4.69, 9.17) is 5.11 Å². The van der Waals surface area contributed by atoms with Gasteiger partial charge in [-0.15, -0.1) is 0 Å². The van der Waals surface area contributed by atoms with Crippen LogP contribution in [0.4, 0.5) is 5.82 Å². The lowest BCUT2D eigenvalue weighted by molar-refractivity contribution is 0.0697. The number of aromatic nitrogens is 1. The fourth-order valence-electron chi connectivity index (χ4n) is 2.03. The van der Waals surface area contributed by atoms with Crippen LogP contribution in [0.2, 0.25) is 0 Å². The van der Waals surface area contributed by atoms with Gasteiger partial charge in [-0.2, -0.15) is 0 Å². The molecule has 0 radical (unpaired) electrons. The number of carboxylic acid groups (broad SMARTS) is 1. The number of halogens is 1. The summed E-state index contributed by atoms with van der Waals surface area (Å²) >= 11 is 3.23. The SMILES string of the molecule is O=C(O)c1cc(Br)cnc1NCC1CC=CCC1. The Balaban J connectivity index is 2.04. The number of nitrogens with one attached hydrogen (secondary N) is 1. The van der Waals surface area contributed by atoms with E-state index < -0.39 is 5.97 Å². The molecule has 2 N–H and O–H groups in total. The van der Waals surface area contributed by atoms with Crippen molar-refractivity contribution >= 4 is 27.7 Å². The highest BCUT2D eigenvalue weighted by Gasteiger charge is 2.14. The molecule has 1 aromatic heterocycles. The lowest BCUT2D eigenvalue weighted by atomic mass is 9.94. The van der Waals surface area contributed by atoms with Gasteiger partial charge in [-0.3, -0.25) is 0 Å². The lowest BCUT2D eigenvalue weighted by Gasteiger charge is -2.19. The Morgan fingerprint density at radius 1 is 1.56 bits per heavy atom. The number of carbonyl (C=O) groups is 1. The van der Waals surface area contributed by atoms with Crippen LogP contribution in [0.25, 0.3) is 0 Å². The topological polar surface area (TPSA) is 62.2 Å². The minimum Gasteiger partial charge on any atom is -0.478 e. The van der Waals surface area contributed by atoms with Gasteiger partial charge in [0.15, 0.2) is 0 Å². The molecule has 1 aromatic rings. The Morgan fingerprint density at radius 3 is 3.06 bits per heavy atom. The van der Waals surface area contributed by atoms with Crippen LogP contribution < -0.4 is 5.32 Å². The standard InChI is InChI=1S/C13H15BrN2O2/c14-10-6-11(13(17)18)12(16-8-10)15-7-9-4-2-1-3-5-9/h1-2,6,8-9H,3-5,7H2,(H,15,16)(H,17,18). The third-order valence-electron chi connectivity index (χ3n) is 3.02. The van der Waals surface area contributed by atoms with E-state index in [0.717, 1.165) is 25.8 Å². The van der Waals surface area contributed by atoms with E-state index in [0.29, 0.717) is 16.2 Å². The maximum atomic E-state index is 11.1. The first-order valence-electron chi connectivity index (χ1n) is 5.94. The molecule has 0 saturated heterocycles. The number of hydrogen-bond acceptors (Lipinski definition) is 3. The molecule has 1 aliphatic carbocycles. The van der Waals surface area contributed by atoms with E-state index >= 15 is 0 Å². The van der Waals surface area contributed by atoms with Crippen LogP contribution in [-0.4, -0.2) is 22.6 Å². The number of carboxylic acids is 1. The number of allylic oxidation sites excluding steroid dienone is 2. The molecule has 18 heavy (non-hydrogen) atoms. The quantitative estimate of drug-likeness (QED) is 0.838. The second-order valence-electron chi connectivity index (χ2n) is 4.39. The third-order valence-corrected chi connectivity index (χ3v) is 3.45. The number of aromatic carboxylic acids is 1. The van der Waals surface area contributed by atoms with Crippen molar-refractivity contribution in [3.8, 4) is 0 Å². The van der Waals surface area contributed by atoms with Crippen LogP contribution >= 0.6 is 15.9 Å². The largest absolute Gasteiger partial charge is 0.478 e. The lowest BCUT2D eigenvalue weighted by Crippen LogP contribution is -2.17. The summed E-state index contributed by atoms with van der Waals surface area (Å²) in [4.78, 5) is 15.2. The molecule has 0 saturated carbocycles. The van der Waals surface area contributed by atoms with Crippen LogP contribution in [0.15, 0.2) is 28.9 Å². The monoisotopic (exact) mass is 310 g/mol. The molecule has 0 aliphatic heterocycles. The van der Waals surface area contributed by atoms with Gasteiger partial charge in [0.25, 0.3) is 0 Å². The molecule has 2 rings (SSSR count). The van der Waals surface area contributed by atoms with E-state index in [1.54, 1.807) is 12.3 Å². The Labute approximate surface area is 114 Å². The van der Waals surface area contributed by atoms with Crippen LogP contribution in [0.5, 0.6) is 0 Å². The normalized spacial score (nSPS) is 18.6. The summed E-state index contributed by atoms with van der Waals surface area (Å²) in [5, 5.41) is 12.3. The second kappa shape index (κ2) is 6.00. The molecule has 96 valence electrons. The summed E-state index contributed by atoms with van der Waals surface area (Å²) < 4.78 is 0.672. The average Bonchev–Trinajstić information content (AvgIpc) is 2.38. The molecule has 0 bridgehead atoms. The van der Waals surface area contributed by atoms with Crippen LogP contribution in [0.1, 0.15) is 29.6 Å². The molecule has 5 heteroatoms. The van der Waals surface area contributed by atoms with Gasteiger partial charge in [0.05, 0.1) is 0 Å². The summed E-state index contributed by atoms with van der Waals surface area (Å²) in [5.74, 6) is 0.0391. The van der Waals surface area contributed by atoms with Crippen LogP contribution in [-0.2, 0) is 0 Å². The summed E-state index contributed by atoms with van der Waals surface area (Å²) in [6.45, 7) is 0.763. The number of hydrogen-bond donors (Lipinski definition) is 2. The van der Waals surface area contributed by atoms with E-state index in [2.05, 4.69) is 38.4 Å². The first kappa shape index (κ1) is 13.1. The molecule has 0 amide bonds. The fourth-order valence-corrected chi connectivity index (χ4v) is 2.36. The molecule has 1 atom stereocenters. The van der Waals surface area contributed by atoms with E-state index in [-0.39, 0.29) is 5.56 Å². The van der Waals surface area contributed by atoms with Crippen molar-refractivity contribution in [1.29, 1.82) is 0 Å². The average molecular weight is 311 g/mol. The van der Waals surface area contributed by atoms with E-state index in [9.17, 15) is 4.79 Å². The Bertz CT molecular complexity index is 474. The zero-order chi connectivity index (χ0) is 13.0. The Hall–Kier alpha value is -1.36. The molecular formula is C13H15BrN2O2. The van der Waals surface area contributed by atoms with Crippen molar-refractivity contribution < 1.29 is 9.90 Å². The van der Waals surface area contributed by atoms with Gasteiger partial charge in [-0.1, -0.05) is 12.2 Å². The van der Waals surface area contributed by atoms with Gasteiger partial charge in [-0.25, -0.2) is 9.78 Å². The Morgan fingerprint density at radius 2 is 2.39 bits per heavy atom. The number of rotatable bonds is 4. The van der Waals surface area contributed by atoms with Crippen molar-refractivity contribution in [3.63, 3.8) is 0 Å². The number of pyridine rings is 1. The van der Waals surface area contributed by atoms with Crippen molar-refractivity contribution in [3.05, 3.63) is 34.5 Å². The Kier molecular flexibility index (Phi) is 4.36. The molecular weight excluding hydrogens is 296 g/mol. The van der Waals surface area contributed by atoms with Gasteiger partial charge < -0.3 is 10.4 Å². The van der Waals surface area contributed by atoms with Crippen LogP contribution in [0.3, 0.4) is 0 Å². The molecule has 0 aromatic carbocycles. The summed E-state index contributed by atoms with van der Waals surface area (Å²) in [6, 6.07) is 1.57. The minimum atomic E-state index is -0.963. The molecule has 0 spiro atoms. The maximum Gasteiger partial charge on any atom is 0.339 e. The van der Waals surface area contributed by atoms with Crippen molar-refractivity contribution in [2.75, 3.05) is 11.9 Å². The predicted molar refractivity (Wildman–Crippen MR) is 73.9 cm³/mol. The fraction of sp³-hybridized carbons (Fsp3) is 0.385. The van der Waals surface area contributed by atoms with Gasteiger partial charge in [0, 0.05) is 17.2 Å². The van der Waals surface area contributed by atoms with Crippen molar-refractivity contribution in [2.45, 2.75) is 19.3 Å². The summed E-state index contributed by atoms with van der Waals surface area (Å²) in [7, 11) is 0. The second-order valence-corrected chi connectivity index (χ2v) is 5.30. The highest BCUT2D eigenvalue weighted by atomic mass is 79.9. The smallest absolute Gasteiger partial charge is 0.339 e. The molecule has 1 aliphatic rings. The van der Waals surface area contributed by atoms with E-state index in [1.807, 2.05) is 0 Å². The molecule has 0 fully saturated rings. The van der Waals surface area contributed by atoms with E-state index in [1.165, 1.54) is 0 Å². The van der Waals surface area contributed by atoms with Crippen LogP contribution in [0, 0.1) is 5.92 Å². The molecule has 1 unspecified atom stereocenters. The third kappa shape index (κ3) is 3.32. The summed E-state index contributed by atoms with van der Waals surface area (Å²) in [6.07, 6.45) is 9.27. The highest BCUT2D eigenvalue weighted by Crippen LogP contribution is 2.21. The zero-order valence-corrected chi connectivity index (χ0v) is 11.5. The number of anilines is 1. The van der Waals surface area contributed by atoms with Crippen molar-refractivity contribution in [2.24, 2.45) is 5.92 Å². The van der Waals surface area contributed by atoms with Gasteiger partial charge in [0.1, 0.15) is 11.4 Å². The first-order chi connectivity index (χ1) is 8.66. The summed E-state index contributed by atoms with van der Waals surface area (Å²) in [5.41, 5.74) is 0.204. The van der Waals surface area contributed by atoms with Gasteiger partial charge in [0.2, 0.25) is 0 Å². The minimum absolute atomic E-state index is 0.204. The maximum absolute atomic E-state index is 11.1. The van der Waals surface area contributed by atoms with Gasteiger partial charge in [-0.05, 0) is 47.2 Å². The van der Waals surface area contributed by atoms with Crippen molar-refractivity contribution in [1.82, 2.24) is 4.98 Å². The number of nitrogens with zero attached hydrogens (tertiary/aromatic N) is 1. The molecule has 4 nitrogen and oxygen atoms in total. The predicted octanol–water partition coefficient (Wildman–Crippen LogP) is 3.31. The van der Waals surface area contributed by atoms with Gasteiger partial charge >= 0.3 is 5.97 Å². The first-order valence-corrected chi connectivity index (χ1v) is 6.74. The highest BCUT2D eigenvalue weighted by molar-refractivity contribution is 9.10. The molecule has 1 heterocycles. The zero-order valence-electron chi connectivity index (χ0n) is 9.90.